The van der Waals surface area contributed by atoms with Gasteiger partial charge in [-0.25, -0.2) is 4.79 Å². The van der Waals surface area contributed by atoms with Gasteiger partial charge in [-0.3, -0.25) is 9.69 Å². The average Bonchev–Trinajstić information content (AvgIpc) is 2.28. The zero-order valence-corrected chi connectivity index (χ0v) is 12.2. The van der Waals surface area contributed by atoms with Gasteiger partial charge < -0.3 is 9.64 Å². The molecule has 0 aliphatic carbocycles. The maximum Gasteiger partial charge on any atom is 0.334 e. The molecule has 0 bridgehead atoms. The van der Waals surface area contributed by atoms with Crippen LogP contribution in [0.25, 0.3) is 0 Å². The summed E-state index contributed by atoms with van der Waals surface area (Å²) in [5.74, 6) is -0.397. The molecule has 0 aromatic heterocycles. The van der Waals surface area contributed by atoms with Crippen molar-refractivity contribution < 1.29 is 14.3 Å². The van der Waals surface area contributed by atoms with Gasteiger partial charge in [0.2, 0.25) is 5.91 Å². The lowest BCUT2D eigenvalue weighted by atomic mass is 10.4. The minimum absolute atomic E-state index is 0.0556. The predicted molar refractivity (Wildman–Crippen MR) is 72.9 cm³/mol. The number of carbonyl (C=O) groups is 2. The second-order valence-electron chi connectivity index (χ2n) is 4.19. The van der Waals surface area contributed by atoms with Gasteiger partial charge in [-0.2, -0.15) is 0 Å². The molecule has 0 aromatic carbocycles. The van der Waals surface area contributed by atoms with Crippen molar-refractivity contribution in [2.75, 3.05) is 28.2 Å². The van der Waals surface area contributed by atoms with Gasteiger partial charge >= 0.3 is 5.97 Å². The van der Waals surface area contributed by atoms with E-state index in [4.69, 9.17) is 4.74 Å². The topological polar surface area (TPSA) is 49.9 Å². The molecule has 0 saturated carbocycles. The van der Waals surface area contributed by atoms with E-state index in [-0.39, 0.29) is 18.1 Å². The van der Waals surface area contributed by atoms with Gasteiger partial charge in [0.25, 0.3) is 0 Å². The number of rotatable bonds is 4. The van der Waals surface area contributed by atoms with E-state index in [0.717, 1.165) is 0 Å². The fraction of sp³-hybridized carbons (Fsp3) is 0.538. The largest absolute Gasteiger partial charge is 0.443 e. The maximum atomic E-state index is 10.9. The van der Waals surface area contributed by atoms with Crippen molar-refractivity contribution in [1.82, 2.24) is 9.80 Å². The van der Waals surface area contributed by atoms with Crippen LogP contribution in [0.4, 0.5) is 0 Å². The zero-order chi connectivity index (χ0) is 14.9. The Morgan fingerprint density at radius 3 is 1.83 bits per heavy atom. The molecule has 0 aliphatic heterocycles. The highest BCUT2D eigenvalue weighted by molar-refractivity contribution is 5.87. The molecule has 1 amide bonds. The van der Waals surface area contributed by atoms with Crippen molar-refractivity contribution in [3.63, 3.8) is 0 Å². The minimum Gasteiger partial charge on any atom is -0.443 e. The van der Waals surface area contributed by atoms with Gasteiger partial charge in [0.05, 0.1) is 0 Å². The second-order valence-corrected chi connectivity index (χ2v) is 4.19. The highest BCUT2D eigenvalue weighted by Crippen LogP contribution is 1.99. The third-order valence-corrected chi connectivity index (χ3v) is 1.97. The molecular formula is C13H24N2O3. The van der Waals surface area contributed by atoms with Gasteiger partial charge in [0, 0.05) is 19.7 Å². The number of esters is 1. The number of hydrogen-bond donors (Lipinski definition) is 0. The number of likely N-dealkylation sites (N-methyl/N-ethyl adjacent to an activating group) is 1. The first-order valence-electron chi connectivity index (χ1n) is 5.50. The van der Waals surface area contributed by atoms with Crippen molar-refractivity contribution in [1.29, 1.82) is 0 Å². The lowest BCUT2D eigenvalue weighted by Crippen LogP contribution is -2.30. The van der Waals surface area contributed by atoms with E-state index >= 15 is 0 Å². The summed E-state index contributed by atoms with van der Waals surface area (Å²) in [6.07, 6.45) is 1.08. The number of amides is 1. The van der Waals surface area contributed by atoms with Crippen LogP contribution in [0.1, 0.15) is 13.8 Å². The normalized spacial score (nSPS) is 10.8. The van der Waals surface area contributed by atoms with Crippen LogP contribution in [0.2, 0.25) is 0 Å². The summed E-state index contributed by atoms with van der Waals surface area (Å²) in [5.41, 5.74) is 0.429. The first-order chi connectivity index (χ1) is 8.13. The number of ether oxygens (including phenoxy) is 1. The molecule has 0 fully saturated rings. The van der Waals surface area contributed by atoms with Gasteiger partial charge in [-0.05, 0) is 34.0 Å². The minimum atomic E-state index is -0.341. The Morgan fingerprint density at radius 2 is 1.67 bits per heavy atom. The number of nitrogens with zero attached hydrogens (tertiary/aromatic N) is 2. The highest BCUT2D eigenvalue weighted by Gasteiger charge is 2.10. The molecule has 0 rings (SSSR count). The van der Waals surface area contributed by atoms with Crippen LogP contribution in [0, 0.1) is 0 Å². The van der Waals surface area contributed by atoms with Crippen LogP contribution < -0.4 is 0 Å². The van der Waals surface area contributed by atoms with Crippen molar-refractivity contribution in [3.8, 4) is 0 Å². The summed E-state index contributed by atoms with van der Waals surface area (Å²) < 4.78 is 4.96. The molecule has 5 nitrogen and oxygen atoms in total. The Kier molecular flexibility index (Phi) is 9.80. The van der Waals surface area contributed by atoms with E-state index in [9.17, 15) is 9.59 Å². The lowest BCUT2D eigenvalue weighted by molar-refractivity contribution is -0.150. The number of hydrogen-bond acceptors (Lipinski definition) is 4. The molecule has 5 heteroatoms. The molecule has 0 aromatic rings. The molecule has 0 spiro atoms. The summed E-state index contributed by atoms with van der Waals surface area (Å²) in [6, 6.07) is 0. The van der Waals surface area contributed by atoms with Gasteiger partial charge in [0.15, 0.2) is 6.23 Å². The molecule has 0 N–H and O–H groups in total. The lowest BCUT2D eigenvalue weighted by Gasteiger charge is -2.19. The summed E-state index contributed by atoms with van der Waals surface area (Å²) in [4.78, 5) is 24.5. The summed E-state index contributed by atoms with van der Waals surface area (Å²) in [5, 5.41) is 0. The monoisotopic (exact) mass is 256 g/mol. The summed E-state index contributed by atoms with van der Waals surface area (Å²) in [7, 11) is 7.06. The van der Waals surface area contributed by atoms with Gasteiger partial charge in [-0.15, -0.1) is 0 Å². The Bertz CT molecular complexity index is 309. The van der Waals surface area contributed by atoms with Crippen molar-refractivity contribution >= 4 is 11.9 Å². The molecule has 1 unspecified atom stereocenters. The first kappa shape index (κ1) is 18.7. The van der Waals surface area contributed by atoms with Gasteiger partial charge in [-0.1, -0.05) is 13.2 Å². The first-order valence-corrected chi connectivity index (χ1v) is 5.50. The van der Waals surface area contributed by atoms with Crippen LogP contribution in [0.3, 0.4) is 0 Å². The Balaban J connectivity index is 0. The highest BCUT2D eigenvalue weighted by atomic mass is 16.6. The average molecular weight is 256 g/mol. The Morgan fingerprint density at radius 1 is 1.22 bits per heavy atom. The quantitative estimate of drug-likeness (QED) is 0.432. The molecule has 0 heterocycles. The van der Waals surface area contributed by atoms with Crippen molar-refractivity contribution in [2.24, 2.45) is 0 Å². The zero-order valence-electron chi connectivity index (χ0n) is 12.2. The van der Waals surface area contributed by atoms with E-state index in [1.807, 2.05) is 14.1 Å². The van der Waals surface area contributed by atoms with E-state index in [1.165, 1.54) is 11.0 Å². The van der Waals surface area contributed by atoms with Crippen LogP contribution in [0.5, 0.6) is 0 Å². The van der Waals surface area contributed by atoms with Crippen molar-refractivity contribution in [3.05, 3.63) is 24.8 Å². The van der Waals surface area contributed by atoms with E-state index in [0.29, 0.717) is 5.57 Å². The van der Waals surface area contributed by atoms with Crippen LogP contribution >= 0.6 is 0 Å². The SMILES string of the molecule is C=C(C)C(=O)OC(C)N(C)C.C=CC(=O)N(C)C. The van der Waals surface area contributed by atoms with Crippen LogP contribution in [0.15, 0.2) is 24.8 Å². The summed E-state index contributed by atoms with van der Waals surface area (Å²) >= 11 is 0. The van der Waals surface area contributed by atoms with E-state index in [2.05, 4.69) is 13.2 Å². The molecule has 104 valence electrons. The molecule has 18 heavy (non-hydrogen) atoms. The fourth-order valence-electron chi connectivity index (χ4n) is 0.543. The Hall–Kier alpha value is -1.62. The molecule has 0 radical (unpaired) electrons. The molecule has 1 atom stereocenters. The van der Waals surface area contributed by atoms with Gasteiger partial charge in [0.1, 0.15) is 0 Å². The molecule has 0 saturated heterocycles. The third kappa shape index (κ3) is 9.59. The van der Waals surface area contributed by atoms with Crippen LogP contribution in [-0.4, -0.2) is 56.1 Å². The Labute approximate surface area is 110 Å². The second kappa shape index (κ2) is 9.41. The fourth-order valence-corrected chi connectivity index (χ4v) is 0.543. The van der Waals surface area contributed by atoms with Crippen molar-refractivity contribution in [2.45, 2.75) is 20.1 Å². The van der Waals surface area contributed by atoms with E-state index < -0.39 is 0 Å². The molecule has 0 aliphatic rings. The maximum absolute atomic E-state index is 10.9. The predicted octanol–water partition coefficient (Wildman–Crippen LogP) is 1.27. The number of carbonyl (C=O) groups excluding carboxylic acids is 2. The van der Waals surface area contributed by atoms with Crippen LogP contribution in [-0.2, 0) is 14.3 Å². The standard InChI is InChI=1S/C8H15NO2.C5H9NO/c1-6(2)8(10)11-7(3)9(4)5;1-4-5(7)6(2)3/h7H,1H2,2-5H3;4H,1H2,2-3H3. The smallest absolute Gasteiger partial charge is 0.334 e. The molecular weight excluding hydrogens is 232 g/mol. The van der Waals surface area contributed by atoms with E-state index in [1.54, 1.807) is 32.8 Å². The summed E-state index contributed by atoms with van der Waals surface area (Å²) in [6.45, 7) is 10.2. The third-order valence-electron chi connectivity index (χ3n) is 1.97.